The van der Waals surface area contributed by atoms with Gasteiger partial charge in [0.25, 0.3) is 6.43 Å². The van der Waals surface area contributed by atoms with Gasteiger partial charge in [-0.1, -0.05) is 0 Å². The maximum absolute atomic E-state index is 12.5. The largest absolute Gasteiger partial charge is 0.493 e. The van der Waals surface area contributed by atoms with Gasteiger partial charge in [-0.05, 0) is 0 Å². The molecule has 0 unspecified atom stereocenters. The van der Waals surface area contributed by atoms with Gasteiger partial charge in [-0.25, -0.2) is 13.8 Å². The predicted octanol–water partition coefficient (Wildman–Crippen LogP) is 1.62. The average Bonchev–Trinajstić information content (AvgIpc) is 2.16. The fourth-order valence-electron chi connectivity index (χ4n) is 1.04. The van der Waals surface area contributed by atoms with Gasteiger partial charge in [-0.3, -0.25) is 0 Å². The molecular formula is C8H10F2N2O2. The van der Waals surface area contributed by atoms with Crippen LogP contribution < -0.4 is 15.2 Å². The molecule has 14 heavy (non-hydrogen) atoms. The molecule has 4 nitrogen and oxygen atoms in total. The molecule has 0 aliphatic rings. The smallest absolute Gasteiger partial charge is 0.271 e. The van der Waals surface area contributed by atoms with Crippen LogP contribution in [0.3, 0.4) is 0 Å². The van der Waals surface area contributed by atoms with Gasteiger partial charge in [0.2, 0.25) is 5.88 Å². The van der Waals surface area contributed by atoms with E-state index < -0.39 is 12.0 Å². The lowest BCUT2D eigenvalue weighted by Gasteiger charge is -2.11. The number of methoxy groups -OCH3 is 2. The standard InChI is InChI=1S/C8H10F2N2O2/c1-13-4-3-12-8(14-2)5(6(4)11)7(9)10/h3,7H,1-2H3,(H2,11,12). The van der Waals surface area contributed by atoms with Crippen molar-refractivity contribution < 1.29 is 18.3 Å². The number of nitrogen functional groups attached to an aromatic ring is 1. The maximum Gasteiger partial charge on any atom is 0.271 e. The molecule has 0 amide bonds. The summed E-state index contributed by atoms with van der Waals surface area (Å²) < 4.78 is 34.5. The van der Waals surface area contributed by atoms with E-state index in [2.05, 4.69) is 9.72 Å². The Morgan fingerprint density at radius 2 is 2.00 bits per heavy atom. The first kappa shape index (κ1) is 10.5. The van der Waals surface area contributed by atoms with Crippen molar-refractivity contribution in [1.82, 2.24) is 4.98 Å². The molecule has 0 atom stereocenters. The van der Waals surface area contributed by atoms with E-state index >= 15 is 0 Å². The van der Waals surface area contributed by atoms with E-state index in [1.54, 1.807) is 0 Å². The highest BCUT2D eigenvalue weighted by molar-refractivity contribution is 5.61. The van der Waals surface area contributed by atoms with E-state index in [0.29, 0.717) is 0 Å². The van der Waals surface area contributed by atoms with Gasteiger partial charge >= 0.3 is 0 Å². The minimum absolute atomic E-state index is 0.112. The van der Waals surface area contributed by atoms with Gasteiger partial charge in [0, 0.05) is 0 Å². The normalized spacial score (nSPS) is 10.4. The summed E-state index contributed by atoms with van der Waals surface area (Å²) in [5, 5.41) is 0. The molecule has 1 aromatic rings. The molecule has 1 aromatic heterocycles. The molecule has 0 saturated heterocycles. The molecule has 6 heteroatoms. The van der Waals surface area contributed by atoms with E-state index in [1.165, 1.54) is 20.4 Å². The van der Waals surface area contributed by atoms with Gasteiger partial charge in [-0.2, -0.15) is 0 Å². The summed E-state index contributed by atoms with van der Waals surface area (Å²) in [6.07, 6.45) is -1.51. The van der Waals surface area contributed by atoms with E-state index in [-0.39, 0.29) is 17.3 Å². The van der Waals surface area contributed by atoms with Gasteiger partial charge in [0.1, 0.15) is 5.56 Å². The van der Waals surface area contributed by atoms with Crippen LogP contribution in [0.1, 0.15) is 12.0 Å². The van der Waals surface area contributed by atoms with Crippen LogP contribution in [-0.4, -0.2) is 19.2 Å². The van der Waals surface area contributed by atoms with Gasteiger partial charge in [0.05, 0.1) is 26.1 Å². The lowest BCUT2D eigenvalue weighted by molar-refractivity contribution is 0.146. The van der Waals surface area contributed by atoms with Crippen molar-refractivity contribution in [3.8, 4) is 11.6 Å². The van der Waals surface area contributed by atoms with Crippen LogP contribution in [0.5, 0.6) is 11.6 Å². The number of alkyl halides is 2. The van der Waals surface area contributed by atoms with Crippen LogP contribution >= 0.6 is 0 Å². The quantitative estimate of drug-likeness (QED) is 0.812. The monoisotopic (exact) mass is 204 g/mol. The van der Waals surface area contributed by atoms with Gasteiger partial charge in [0.15, 0.2) is 5.75 Å². The van der Waals surface area contributed by atoms with Crippen LogP contribution in [0.4, 0.5) is 14.5 Å². The number of ether oxygens (including phenoxy) is 2. The molecule has 0 aromatic carbocycles. The number of halogens is 2. The Morgan fingerprint density at radius 1 is 1.36 bits per heavy atom. The number of nitrogens with zero attached hydrogens (tertiary/aromatic N) is 1. The van der Waals surface area contributed by atoms with Gasteiger partial charge < -0.3 is 15.2 Å². The average molecular weight is 204 g/mol. The second-order valence-electron chi connectivity index (χ2n) is 2.46. The van der Waals surface area contributed by atoms with E-state index in [1.807, 2.05) is 0 Å². The lowest BCUT2D eigenvalue weighted by atomic mass is 10.2. The molecule has 0 saturated carbocycles. The highest BCUT2D eigenvalue weighted by Gasteiger charge is 2.21. The third-order valence-electron chi connectivity index (χ3n) is 1.72. The fraction of sp³-hybridized carbons (Fsp3) is 0.375. The highest BCUT2D eigenvalue weighted by atomic mass is 19.3. The van der Waals surface area contributed by atoms with Crippen molar-refractivity contribution >= 4 is 5.69 Å². The Balaban J connectivity index is 3.31. The van der Waals surface area contributed by atoms with Crippen molar-refractivity contribution in [3.05, 3.63) is 11.8 Å². The number of nitrogens with two attached hydrogens (primary N) is 1. The van der Waals surface area contributed by atoms with Crippen LogP contribution in [0.2, 0.25) is 0 Å². The molecule has 0 spiro atoms. The summed E-state index contributed by atoms with van der Waals surface area (Å²) in [5.41, 5.74) is 4.86. The van der Waals surface area contributed by atoms with Crippen molar-refractivity contribution in [2.75, 3.05) is 20.0 Å². The molecule has 0 fully saturated rings. The summed E-state index contributed by atoms with van der Waals surface area (Å²) in [6, 6.07) is 0. The van der Waals surface area contributed by atoms with Crippen molar-refractivity contribution in [2.24, 2.45) is 0 Å². The summed E-state index contributed by atoms with van der Waals surface area (Å²) >= 11 is 0. The predicted molar refractivity (Wildman–Crippen MR) is 46.7 cm³/mol. The van der Waals surface area contributed by atoms with Crippen molar-refractivity contribution in [1.29, 1.82) is 0 Å². The zero-order chi connectivity index (χ0) is 10.7. The van der Waals surface area contributed by atoms with Crippen LogP contribution in [-0.2, 0) is 0 Å². The Bertz CT molecular complexity index is 331. The Kier molecular flexibility index (Phi) is 3.06. The number of rotatable bonds is 3. The second kappa shape index (κ2) is 4.08. The third kappa shape index (κ3) is 1.68. The first-order chi connectivity index (χ1) is 6.61. The molecule has 0 aliphatic heterocycles. The number of hydrogen-bond donors (Lipinski definition) is 1. The Morgan fingerprint density at radius 3 is 2.43 bits per heavy atom. The third-order valence-corrected chi connectivity index (χ3v) is 1.72. The number of hydrogen-bond acceptors (Lipinski definition) is 4. The van der Waals surface area contributed by atoms with E-state index in [9.17, 15) is 8.78 Å². The first-order valence-corrected chi connectivity index (χ1v) is 3.76. The zero-order valence-corrected chi connectivity index (χ0v) is 7.75. The van der Waals surface area contributed by atoms with E-state index in [0.717, 1.165) is 0 Å². The lowest BCUT2D eigenvalue weighted by Crippen LogP contribution is -2.03. The number of aromatic nitrogens is 1. The molecule has 1 rings (SSSR count). The molecular weight excluding hydrogens is 194 g/mol. The minimum atomic E-state index is -2.74. The van der Waals surface area contributed by atoms with Crippen molar-refractivity contribution in [2.45, 2.75) is 6.43 Å². The van der Waals surface area contributed by atoms with Crippen LogP contribution in [0.15, 0.2) is 6.20 Å². The molecule has 0 aliphatic carbocycles. The number of anilines is 1. The zero-order valence-electron chi connectivity index (χ0n) is 7.75. The van der Waals surface area contributed by atoms with Crippen LogP contribution in [0, 0.1) is 0 Å². The highest BCUT2D eigenvalue weighted by Crippen LogP contribution is 2.37. The second-order valence-corrected chi connectivity index (χ2v) is 2.46. The number of pyridine rings is 1. The maximum atomic E-state index is 12.5. The molecule has 2 N–H and O–H groups in total. The van der Waals surface area contributed by atoms with Gasteiger partial charge in [-0.15, -0.1) is 0 Å². The summed E-state index contributed by atoms with van der Waals surface area (Å²) in [5.74, 6) is -0.0700. The summed E-state index contributed by atoms with van der Waals surface area (Å²) in [6.45, 7) is 0. The molecule has 0 bridgehead atoms. The first-order valence-electron chi connectivity index (χ1n) is 3.76. The SMILES string of the molecule is COc1cnc(OC)c(C(F)F)c1N. The fourth-order valence-corrected chi connectivity index (χ4v) is 1.04. The summed E-state index contributed by atoms with van der Waals surface area (Å²) in [4.78, 5) is 3.64. The molecule has 0 radical (unpaired) electrons. The van der Waals surface area contributed by atoms with E-state index in [4.69, 9.17) is 10.5 Å². The van der Waals surface area contributed by atoms with Crippen LogP contribution in [0.25, 0.3) is 0 Å². The molecule has 1 heterocycles. The van der Waals surface area contributed by atoms with Crippen molar-refractivity contribution in [3.63, 3.8) is 0 Å². The molecule has 78 valence electrons. The Hall–Kier alpha value is -1.59. The minimum Gasteiger partial charge on any atom is -0.493 e. The summed E-state index contributed by atoms with van der Waals surface area (Å²) in [7, 11) is 2.58. The topological polar surface area (TPSA) is 57.4 Å². The Labute approximate surface area is 79.6 Å².